The monoisotopic (exact) mass is 457 g/mol. The van der Waals surface area contributed by atoms with E-state index in [1.54, 1.807) is 24.3 Å². The molecule has 0 spiro atoms. The molecule has 2 fully saturated rings. The number of benzene rings is 2. The number of ether oxygens (including phenoxy) is 1. The van der Waals surface area contributed by atoms with Crippen molar-refractivity contribution in [1.29, 1.82) is 0 Å². The summed E-state index contributed by atoms with van der Waals surface area (Å²) < 4.78 is 33.5. The van der Waals surface area contributed by atoms with Crippen molar-refractivity contribution in [3.63, 3.8) is 0 Å². The first-order valence-corrected chi connectivity index (χ1v) is 12.2. The number of anilines is 2. The normalized spacial score (nSPS) is 19.2. The molecule has 4 rings (SSSR count). The van der Waals surface area contributed by atoms with Crippen molar-refractivity contribution in [2.24, 2.45) is 0 Å². The molecule has 1 heterocycles. The van der Waals surface area contributed by atoms with Crippen LogP contribution >= 0.6 is 0 Å². The molecule has 1 saturated heterocycles. The first kappa shape index (κ1) is 22.3. The maximum Gasteiger partial charge on any atom is 0.261 e. The molecular formula is C23H27N3O5S. The summed E-state index contributed by atoms with van der Waals surface area (Å²) in [5, 5.41) is 5.61. The Hall–Kier alpha value is -2.91. The van der Waals surface area contributed by atoms with Gasteiger partial charge in [0.15, 0.2) is 0 Å². The second-order valence-corrected chi connectivity index (χ2v) is 10.00. The number of sulfonamides is 1. The van der Waals surface area contributed by atoms with Gasteiger partial charge in [0.2, 0.25) is 11.8 Å². The predicted octanol–water partition coefficient (Wildman–Crippen LogP) is 2.77. The molecule has 0 radical (unpaired) electrons. The molecule has 2 amide bonds. The van der Waals surface area contributed by atoms with E-state index < -0.39 is 15.4 Å². The van der Waals surface area contributed by atoms with Gasteiger partial charge in [-0.3, -0.25) is 14.3 Å². The number of hydrogen-bond acceptors (Lipinski definition) is 5. The van der Waals surface area contributed by atoms with E-state index in [1.807, 2.05) is 0 Å². The Balaban J connectivity index is 1.39. The van der Waals surface area contributed by atoms with Crippen molar-refractivity contribution in [3.8, 4) is 0 Å². The zero-order valence-electron chi connectivity index (χ0n) is 17.9. The molecule has 2 aliphatic rings. The van der Waals surface area contributed by atoms with Crippen molar-refractivity contribution in [3.05, 3.63) is 54.1 Å². The molecule has 0 bridgehead atoms. The number of amides is 2. The Morgan fingerprint density at radius 3 is 2.25 bits per heavy atom. The molecule has 9 heteroatoms. The van der Waals surface area contributed by atoms with Crippen molar-refractivity contribution < 1.29 is 22.7 Å². The summed E-state index contributed by atoms with van der Waals surface area (Å²) in [7, 11) is -3.78. The van der Waals surface area contributed by atoms with Gasteiger partial charge in [-0.1, -0.05) is 12.1 Å². The second kappa shape index (κ2) is 8.91. The lowest BCUT2D eigenvalue weighted by molar-refractivity contribution is -0.124. The summed E-state index contributed by atoms with van der Waals surface area (Å²) in [5.74, 6) is -0.228. The van der Waals surface area contributed by atoms with E-state index in [0.29, 0.717) is 17.9 Å². The third-order valence-corrected chi connectivity index (χ3v) is 7.27. The number of hydrogen-bond donors (Lipinski definition) is 3. The van der Waals surface area contributed by atoms with Gasteiger partial charge in [0, 0.05) is 31.5 Å². The first-order chi connectivity index (χ1) is 15.3. The van der Waals surface area contributed by atoms with Crippen molar-refractivity contribution in [1.82, 2.24) is 5.32 Å². The van der Waals surface area contributed by atoms with Crippen LogP contribution in [0.2, 0.25) is 0 Å². The summed E-state index contributed by atoms with van der Waals surface area (Å²) in [5.41, 5.74) is 1.28. The van der Waals surface area contributed by atoms with E-state index in [9.17, 15) is 18.0 Å². The van der Waals surface area contributed by atoms with Crippen LogP contribution in [0, 0.1) is 0 Å². The molecule has 0 aromatic heterocycles. The Morgan fingerprint density at radius 2 is 1.69 bits per heavy atom. The van der Waals surface area contributed by atoms with Gasteiger partial charge in [-0.15, -0.1) is 0 Å². The van der Waals surface area contributed by atoms with Gasteiger partial charge in [0.05, 0.1) is 16.4 Å². The minimum Gasteiger partial charge on any atom is -0.376 e. The Bertz CT molecular complexity index is 1090. The molecule has 2 aromatic rings. The maximum absolute atomic E-state index is 12.8. The van der Waals surface area contributed by atoms with Crippen LogP contribution in [0.3, 0.4) is 0 Å². The fraction of sp³-hybridized carbons (Fsp3) is 0.391. The lowest BCUT2D eigenvalue weighted by atomic mass is 9.94. The molecular weight excluding hydrogens is 430 g/mol. The molecule has 1 aliphatic carbocycles. The van der Waals surface area contributed by atoms with Gasteiger partial charge < -0.3 is 15.4 Å². The predicted molar refractivity (Wildman–Crippen MR) is 121 cm³/mol. The number of carbonyl (C=O) groups is 2. The van der Waals surface area contributed by atoms with E-state index in [1.165, 1.54) is 31.2 Å². The Morgan fingerprint density at radius 1 is 1.03 bits per heavy atom. The fourth-order valence-electron chi connectivity index (χ4n) is 3.94. The molecule has 1 aliphatic heterocycles. The number of rotatable bonds is 8. The summed E-state index contributed by atoms with van der Waals surface area (Å²) in [6.07, 6.45) is 3.64. The smallest absolute Gasteiger partial charge is 0.261 e. The standard InChI is InChI=1S/C23H27N3O5S/c1-16(27)25-18-8-10-21(11-9-18)32(29,30)26-19-6-4-17(5-7-19)23(12-13-23)22(28)24-15-20-3-2-14-31-20/h4-11,20,26H,2-3,12-15H2,1H3,(H,24,28)(H,25,27). The lowest BCUT2D eigenvalue weighted by Gasteiger charge is -2.18. The van der Waals surface area contributed by atoms with Crippen LogP contribution in [-0.2, 0) is 29.8 Å². The van der Waals surface area contributed by atoms with Crippen LogP contribution in [0.5, 0.6) is 0 Å². The zero-order valence-corrected chi connectivity index (χ0v) is 18.7. The lowest BCUT2D eigenvalue weighted by Crippen LogP contribution is -2.39. The second-order valence-electron chi connectivity index (χ2n) is 8.32. The van der Waals surface area contributed by atoms with E-state index in [-0.39, 0.29) is 22.8 Å². The van der Waals surface area contributed by atoms with Gasteiger partial charge in [0.1, 0.15) is 0 Å². The van der Waals surface area contributed by atoms with Gasteiger partial charge >= 0.3 is 0 Å². The fourth-order valence-corrected chi connectivity index (χ4v) is 5.00. The maximum atomic E-state index is 12.8. The highest BCUT2D eigenvalue weighted by Gasteiger charge is 2.51. The average molecular weight is 458 g/mol. The van der Waals surface area contributed by atoms with Crippen molar-refractivity contribution in [2.75, 3.05) is 23.2 Å². The van der Waals surface area contributed by atoms with Gasteiger partial charge in [0.25, 0.3) is 10.0 Å². The molecule has 3 N–H and O–H groups in total. The van der Waals surface area contributed by atoms with Crippen LogP contribution in [0.1, 0.15) is 38.2 Å². The molecule has 170 valence electrons. The number of carbonyl (C=O) groups excluding carboxylic acids is 2. The molecule has 1 atom stereocenters. The van der Waals surface area contributed by atoms with Crippen molar-refractivity contribution in [2.45, 2.75) is 49.0 Å². The van der Waals surface area contributed by atoms with Crippen LogP contribution in [0.25, 0.3) is 0 Å². The van der Waals surface area contributed by atoms with E-state index in [0.717, 1.165) is 37.9 Å². The van der Waals surface area contributed by atoms with Gasteiger partial charge in [-0.25, -0.2) is 8.42 Å². The largest absolute Gasteiger partial charge is 0.376 e. The summed E-state index contributed by atoms with van der Waals surface area (Å²) in [6, 6.07) is 12.9. The third-order valence-electron chi connectivity index (χ3n) is 5.87. The van der Waals surface area contributed by atoms with E-state index in [4.69, 9.17) is 4.74 Å². The summed E-state index contributed by atoms with van der Waals surface area (Å²) >= 11 is 0. The van der Waals surface area contributed by atoms with Crippen LogP contribution in [-0.4, -0.2) is 39.5 Å². The van der Waals surface area contributed by atoms with Crippen LogP contribution in [0.15, 0.2) is 53.4 Å². The van der Waals surface area contributed by atoms with Crippen LogP contribution < -0.4 is 15.4 Å². The molecule has 1 saturated carbocycles. The minimum absolute atomic E-state index is 0.000547. The average Bonchev–Trinajstić information content (AvgIpc) is 3.40. The number of nitrogens with one attached hydrogen (secondary N) is 3. The summed E-state index contributed by atoms with van der Waals surface area (Å²) in [6.45, 7) is 2.66. The van der Waals surface area contributed by atoms with Gasteiger partial charge in [-0.2, -0.15) is 0 Å². The van der Waals surface area contributed by atoms with E-state index >= 15 is 0 Å². The SMILES string of the molecule is CC(=O)Nc1ccc(S(=O)(=O)Nc2ccc(C3(C(=O)NCC4CCCO4)CC3)cc2)cc1. The van der Waals surface area contributed by atoms with Crippen molar-refractivity contribution >= 4 is 33.2 Å². The Labute approximate surface area is 187 Å². The highest BCUT2D eigenvalue weighted by Crippen LogP contribution is 2.48. The highest BCUT2D eigenvalue weighted by atomic mass is 32.2. The molecule has 32 heavy (non-hydrogen) atoms. The zero-order chi connectivity index (χ0) is 22.8. The molecule has 2 aromatic carbocycles. The highest BCUT2D eigenvalue weighted by molar-refractivity contribution is 7.92. The van der Waals surface area contributed by atoms with E-state index in [2.05, 4.69) is 15.4 Å². The molecule has 8 nitrogen and oxygen atoms in total. The van der Waals surface area contributed by atoms with Gasteiger partial charge in [-0.05, 0) is 67.6 Å². The molecule has 1 unspecified atom stereocenters. The Kier molecular flexibility index (Phi) is 6.21. The third kappa shape index (κ3) is 4.94. The minimum atomic E-state index is -3.78. The summed E-state index contributed by atoms with van der Waals surface area (Å²) in [4.78, 5) is 24.0. The quantitative estimate of drug-likeness (QED) is 0.564. The topological polar surface area (TPSA) is 114 Å². The van der Waals surface area contributed by atoms with Crippen LogP contribution in [0.4, 0.5) is 11.4 Å². The first-order valence-electron chi connectivity index (χ1n) is 10.7.